The van der Waals surface area contributed by atoms with E-state index in [1.807, 2.05) is 0 Å². The molecule has 1 aliphatic rings. The van der Waals surface area contributed by atoms with Crippen molar-refractivity contribution < 1.29 is 24.8 Å². The fraction of sp³-hybridized carbons (Fsp3) is 0.923. The van der Waals surface area contributed by atoms with Crippen molar-refractivity contribution in [1.29, 1.82) is 0 Å². The molecular weight excluding hydrogens is 392 g/mol. The molecule has 0 aromatic carbocycles. The lowest BCUT2D eigenvalue weighted by Crippen LogP contribution is -2.42. The zero-order valence-electron chi connectivity index (χ0n) is 20.1. The molecule has 1 saturated heterocycles. The van der Waals surface area contributed by atoms with Crippen LogP contribution >= 0.6 is 0 Å². The summed E-state index contributed by atoms with van der Waals surface area (Å²) in [5.74, 6) is 0. The van der Waals surface area contributed by atoms with Crippen LogP contribution in [0.15, 0.2) is 12.2 Å². The highest BCUT2D eigenvalue weighted by atomic mass is 16.6. The molecule has 0 bridgehead atoms. The number of ether oxygens (including phenoxy) is 2. The summed E-state index contributed by atoms with van der Waals surface area (Å²) >= 11 is 0. The molecule has 1 fully saturated rings. The minimum Gasteiger partial charge on any atom is -0.394 e. The van der Waals surface area contributed by atoms with Gasteiger partial charge in [0.1, 0.15) is 24.4 Å². The van der Waals surface area contributed by atoms with Crippen LogP contribution in [0.5, 0.6) is 0 Å². The van der Waals surface area contributed by atoms with E-state index in [1.54, 1.807) is 0 Å². The van der Waals surface area contributed by atoms with Gasteiger partial charge in [-0.3, -0.25) is 0 Å². The standard InChI is InChI=1S/C26H50O5/c1-2-3-4-5-6-7-8-9-10-11-12-13-14-15-16-17-18-19-20-30-24(21-27)26-25(29)23(28)22-31-26/h8-9,23-29H,2-7,10-22H2,1H3/b9-8+/t23-,24+,25-,26-/m0/s1. The van der Waals surface area contributed by atoms with E-state index in [0.29, 0.717) is 6.61 Å². The third-order valence-corrected chi connectivity index (χ3v) is 6.22. The number of aliphatic hydroxyl groups is 3. The number of hydrogen-bond donors (Lipinski definition) is 3. The average Bonchev–Trinajstić information content (AvgIpc) is 3.11. The Morgan fingerprint density at radius 1 is 0.806 bits per heavy atom. The van der Waals surface area contributed by atoms with Gasteiger partial charge in [0, 0.05) is 6.61 Å². The monoisotopic (exact) mass is 442 g/mol. The first kappa shape index (κ1) is 28.6. The molecule has 0 spiro atoms. The van der Waals surface area contributed by atoms with Crippen molar-refractivity contribution in [2.75, 3.05) is 19.8 Å². The van der Waals surface area contributed by atoms with Gasteiger partial charge in [-0.1, -0.05) is 89.7 Å². The first-order valence-electron chi connectivity index (χ1n) is 13.1. The average molecular weight is 443 g/mol. The molecule has 4 atom stereocenters. The molecule has 5 heteroatoms. The van der Waals surface area contributed by atoms with Gasteiger partial charge in [-0.05, 0) is 32.1 Å². The largest absolute Gasteiger partial charge is 0.394 e. The molecule has 0 aliphatic carbocycles. The summed E-state index contributed by atoms with van der Waals surface area (Å²) in [6, 6.07) is 0. The minimum absolute atomic E-state index is 0.0988. The topological polar surface area (TPSA) is 79.2 Å². The molecule has 31 heavy (non-hydrogen) atoms. The smallest absolute Gasteiger partial charge is 0.114 e. The summed E-state index contributed by atoms with van der Waals surface area (Å²) in [6.45, 7) is 2.71. The molecule has 3 N–H and O–H groups in total. The molecule has 1 aliphatic heterocycles. The van der Waals surface area contributed by atoms with Crippen LogP contribution in [0.2, 0.25) is 0 Å². The first-order chi connectivity index (χ1) is 15.2. The Bertz CT molecular complexity index is 415. The Labute approximate surface area is 191 Å². The van der Waals surface area contributed by atoms with Gasteiger partial charge in [-0.15, -0.1) is 0 Å². The minimum atomic E-state index is -0.978. The highest BCUT2D eigenvalue weighted by Gasteiger charge is 2.40. The van der Waals surface area contributed by atoms with Crippen LogP contribution in [0.4, 0.5) is 0 Å². The van der Waals surface area contributed by atoms with E-state index in [2.05, 4.69) is 19.1 Å². The fourth-order valence-corrected chi connectivity index (χ4v) is 4.14. The molecular formula is C26H50O5. The molecule has 0 unspecified atom stereocenters. The van der Waals surface area contributed by atoms with Gasteiger partial charge >= 0.3 is 0 Å². The summed E-state index contributed by atoms with van der Waals surface area (Å²) < 4.78 is 11.0. The van der Waals surface area contributed by atoms with Crippen LogP contribution in [0.1, 0.15) is 110 Å². The summed E-state index contributed by atoms with van der Waals surface area (Å²) in [7, 11) is 0. The van der Waals surface area contributed by atoms with Crippen LogP contribution in [-0.2, 0) is 9.47 Å². The molecule has 0 aromatic heterocycles. The van der Waals surface area contributed by atoms with Crippen LogP contribution in [-0.4, -0.2) is 59.6 Å². The SMILES string of the molecule is CCCCCCC/C=C/CCCCCCCCCCCO[C@H](CO)[C@@H]1OC[C@H](O)[C@@H]1O. The molecule has 0 amide bonds. The lowest BCUT2D eigenvalue weighted by Gasteiger charge is -2.24. The summed E-state index contributed by atoms with van der Waals surface area (Å²) in [4.78, 5) is 0. The summed E-state index contributed by atoms with van der Waals surface area (Å²) in [5.41, 5.74) is 0. The quantitative estimate of drug-likeness (QED) is 0.166. The van der Waals surface area contributed by atoms with Gasteiger partial charge in [0.2, 0.25) is 0 Å². The normalized spacial score (nSPS) is 22.5. The Morgan fingerprint density at radius 3 is 1.81 bits per heavy atom. The molecule has 1 heterocycles. The van der Waals surface area contributed by atoms with Crippen molar-refractivity contribution in [2.45, 2.75) is 134 Å². The molecule has 0 saturated carbocycles. The predicted octanol–water partition coefficient (Wildman–Crippen LogP) is 5.30. The molecule has 1 rings (SSSR count). The van der Waals surface area contributed by atoms with Crippen molar-refractivity contribution in [3.05, 3.63) is 12.2 Å². The zero-order valence-corrected chi connectivity index (χ0v) is 20.1. The zero-order chi connectivity index (χ0) is 22.6. The van der Waals surface area contributed by atoms with Gasteiger partial charge in [0.05, 0.1) is 13.2 Å². The van der Waals surface area contributed by atoms with Crippen molar-refractivity contribution in [3.8, 4) is 0 Å². The van der Waals surface area contributed by atoms with E-state index in [9.17, 15) is 15.3 Å². The van der Waals surface area contributed by atoms with Gasteiger partial charge in [-0.25, -0.2) is 0 Å². The van der Waals surface area contributed by atoms with Crippen LogP contribution in [0.25, 0.3) is 0 Å². The highest BCUT2D eigenvalue weighted by Crippen LogP contribution is 2.20. The third-order valence-electron chi connectivity index (χ3n) is 6.22. The molecule has 0 aromatic rings. The number of rotatable bonds is 21. The maximum Gasteiger partial charge on any atom is 0.114 e. The number of aliphatic hydroxyl groups excluding tert-OH is 3. The Morgan fingerprint density at radius 2 is 1.32 bits per heavy atom. The van der Waals surface area contributed by atoms with Crippen molar-refractivity contribution in [3.63, 3.8) is 0 Å². The van der Waals surface area contributed by atoms with E-state index >= 15 is 0 Å². The van der Waals surface area contributed by atoms with Crippen molar-refractivity contribution in [1.82, 2.24) is 0 Å². The van der Waals surface area contributed by atoms with Crippen molar-refractivity contribution >= 4 is 0 Å². The lowest BCUT2D eigenvalue weighted by molar-refractivity contribution is -0.101. The fourth-order valence-electron chi connectivity index (χ4n) is 4.14. The number of allylic oxidation sites excluding steroid dienone is 2. The van der Waals surface area contributed by atoms with Crippen LogP contribution in [0, 0.1) is 0 Å². The summed E-state index contributed by atoms with van der Waals surface area (Å²) in [5, 5.41) is 28.8. The van der Waals surface area contributed by atoms with E-state index < -0.39 is 24.4 Å². The third kappa shape index (κ3) is 14.3. The second-order valence-corrected chi connectivity index (χ2v) is 9.09. The first-order valence-corrected chi connectivity index (χ1v) is 13.1. The number of unbranched alkanes of at least 4 members (excludes halogenated alkanes) is 14. The predicted molar refractivity (Wildman–Crippen MR) is 127 cm³/mol. The Balaban J connectivity index is 1.81. The van der Waals surface area contributed by atoms with Crippen molar-refractivity contribution in [2.24, 2.45) is 0 Å². The van der Waals surface area contributed by atoms with E-state index in [4.69, 9.17) is 9.47 Å². The van der Waals surface area contributed by atoms with Gasteiger partial charge in [-0.2, -0.15) is 0 Å². The molecule has 0 radical (unpaired) electrons. The lowest BCUT2D eigenvalue weighted by atomic mass is 10.1. The summed E-state index contributed by atoms with van der Waals surface area (Å²) in [6.07, 6.45) is 22.3. The highest BCUT2D eigenvalue weighted by molar-refractivity contribution is 4.88. The van der Waals surface area contributed by atoms with Gasteiger partial charge in [0.15, 0.2) is 0 Å². The van der Waals surface area contributed by atoms with Crippen LogP contribution < -0.4 is 0 Å². The maximum atomic E-state index is 9.85. The van der Waals surface area contributed by atoms with Gasteiger partial charge < -0.3 is 24.8 Å². The number of hydrogen-bond acceptors (Lipinski definition) is 5. The second kappa shape index (κ2) is 20.2. The second-order valence-electron chi connectivity index (χ2n) is 9.09. The Kier molecular flexibility index (Phi) is 18.6. The molecule has 184 valence electrons. The van der Waals surface area contributed by atoms with E-state index in [1.165, 1.54) is 89.9 Å². The maximum absolute atomic E-state index is 9.85. The van der Waals surface area contributed by atoms with E-state index in [-0.39, 0.29) is 13.2 Å². The van der Waals surface area contributed by atoms with Crippen LogP contribution in [0.3, 0.4) is 0 Å². The Hall–Kier alpha value is -0.460. The van der Waals surface area contributed by atoms with Gasteiger partial charge in [0.25, 0.3) is 0 Å². The molecule has 5 nitrogen and oxygen atoms in total. The van der Waals surface area contributed by atoms with E-state index in [0.717, 1.165) is 12.8 Å².